The van der Waals surface area contributed by atoms with E-state index in [0.29, 0.717) is 0 Å². The topological polar surface area (TPSA) is 38.3 Å². The summed E-state index contributed by atoms with van der Waals surface area (Å²) in [5.41, 5.74) is 2.82. The first-order valence-corrected chi connectivity index (χ1v) is 4.27. The third-order valence-electron chi connectivity index (χ3n) is 2.13. The Morgan fingerprint density at radius 3 is 2.77 bits per heavy atom. The van der Waals surface area contributed by atoms with Gasteiger partial charge in [-0.1, -0.05) is 12.1 Å². The van der Waals surface area contributed by atoms with Gasteiger partial charge in [-0.25, -0.2) is 4.98 Å². The predicted molar refractivity (Wildman–Crippen MR) is 48.2 cm³/mol. The highest BCUT2D eigenvalue weighted by atomic mass is 16.6. The Morgan fingerprint density at radius 2 is 2.00 bits per heavy atom. The van der Waals surface area contributed by atoms with Crippen molar-refractivity contribution in [3.8, 4) is 0 Å². The maximum atomic E-state index is 5.14. The third-order valence-corrected chi connectivity index (χ3v) is 2.13. The van der Waals surface area contributed by atoms with E-state index in [1.54, 1.807) is 6.20 Å². The molecule has 0 saturated carbocycles. The Balaban J connectivity index is 2.21. The fourth-order valence-corrected chi connectivity index (χ4v) is 1.35. The van der Waals surface area contributed by atoms with Crippen LogP contribution in [-0.2, 0) is 4.74 Å². The van der Waals surface area contributed by atoms with Crippen molar-refractivity contribution in [1.29, 1.82) is 0 Å². The van der Waals surface area contributed by atoms with Gasteiger partial charge in [-0.05, 0) is 12.1 Å². The van der Waals surface area contributed by atoms with Gasteiger partial charge in [0.15, 0.2) is 0 Å². The van der Waals surface area contributed by atoms with Crippen molar-refractivity contribution in [2.24, 2.45) is 0 Å². The Kier molecular flexibility index (Phi) is 1.34. The monoisotopic (exact) mass is 172 g/mol. The van der Waals surface area contributed by atoms with Crippen LogP contribution in [-0.4, -0.2) is 16.6 Å². The molecule has 1 aromatic carbocycles. The van der Waals surface area contributed by atoms with E-state index in [1.165, 1.54) is 0 Å². The van der Waals surface area contributed by atoms with Crippen molar-refractivity contribution in [3.63, 3.8) is 0 Å². The van der Waals surface area contributed by atoms with Crippen LogP contribution in [0.5, 0.6) is 0 Å². The first kappa shape index (κ1) is 6.97. The van der Waals surface area contributed by atoms with E-state index in [1.807, 2.05) is 24.3 Å². The molecule has 3 rings (SSSR count). The van der Waals surface area contributed by atoms with Crippen molar-refractivity contribution in [1.82, 2.24) is 9.97 Å². The molecule has 1 saturated heterocycles. The zero-order valence-corrected chi connectivity index (χ0v) is 6.97. The van der Waals surface area contributed by atoms with E-state index < -0.39 is 0 Å². The van der Waals surface area contributed by atoms with E-state index >= 15 is 0 Å². The Morgan fingerprint density at radius 1 is 1.23 bits per heavy atom. The van der Waals surface area contributed by atoms with Crippen LogP contribution in [0.4, 0.5) is 0 Å². The van der Waals surface area contributed by atoms with Gasteiger partial charge in [-0.15, -0.1) is 0 Å². The number of hydrogen-bond acceptors (Lipinski definition) is 3. The van der Waals surface area contributed by atoms with Gasteiger partial charge in [-0.2, -0.15) is 0 Å². The molecule has 2 heterocycles. The SMILES string of the molecule is c1ccc2nc([C@H]3CO3)cnc2c1. The smallest absolute Gasteiger partial charge is 0.124 e. The number of rotatable bonds is 1. The van der Waals surface area contributed by atoms with Gasteiger partial charge in [0.1, 0.15) is 6.10 Å². The second-order valence-corrected chi connectivity index (χ2v) is 3.11. The highest BCUT2D eigenvalue weighted by Crippen LogP contribution is 2.28. The number of epoxide rings is 1. The lowest BCUT2D eigenvalue weighted by atomic mass is 10.3. The summed E-state index contributed by atoms with van der Waals surface area (Å²) in [5.74, 6) is 0. The molecule has 1 aromatic heterocycles. The Labute approximate surface area is 75.4 Å². The lowest BCUT2D eigenvalue weighted by molar-refractivity contribution is 0.411. The Bertz CT molecular complexity index is 451. The van der Waals surface area contributed by atoms with E-state index in [4.69, 9.17) is 4.74 Å². The number of hydrogen-bond donors (Lipinski definition) is 0. The summed E-state index contributed by atoms with van der Waals surface area (Å²) in [6.45, 7) is 0.785. The molecule has 2 aromatic rings. The summed E-state index contributed by atoms with van der Waals surface area (Å²) in [7, 11) is 0. The van der Waals surface area contributed by atoms with Crippen LogP contribution in [0.1, 0.15) is 11.8 Å². The number of nitrogens with zero attached hydrogens (tertiary/aromatic N) is 2. The molecule has 1 aliphatic rings. The number of fused-ring (bicyclic) bond motifs is 1. The fraction of sp³-hybridized carbons (Fsp3) is 0.200. The molecular weight excluding hydrogens is 164 g/mol. The molecule has 0 N–H and O–H groups in total. The lowest BCUT2D eigenvalue weighted by Crippen LogP contribution is -1.90. The normalized spacial score (nSPS) is 20.5. The van der Waals surface area contributed by atoms with Crippen LogP contribution in [0.15, 0.2) is 30.5 Å². The number of para-hydroxylation sites is 2. The quantitative estimate of drug-likeness (QED) is 0.614. The molecule has 64 valence electrons. The molecule has 0 bridgehead atoms. The summed E-state index contributed by atoms with van der Waals surface area (Å²) < 4.78 is 5.14. The highest BCUT2D eigenvalue weighted by Gasteiger charge is 2.26. The lowest BCUT2D eigenvalue weighted by Gasteiger charge is -1.97. The molecule has 0 spiro atoms. The molecule has 0 radical (unpaired) electrons. The standard InChI is InChI=1S/C10H8N2O/c1-2-4-8-7(3-1)11-5-9(12-8)10-6-13-10/h1-5,10H,6H2/t10-/m1/s1. The molecule has 0 amide bonds. The molecular formula is C10H8N2O. The summed E-state index contributed by atoms with van der Waals surface area (Å²) in [6, 6.07) is 7.85. The highest BCUT2D eigenvalue weighted by molar-refractivity contribution is 5.73. The molecule has 13 heavy (non-hydrogen) atoms. The van der Waals surface area contributed by atoms with Gasteiger partial charge in [0.05, 0.1) is 29.5 Å². The van der Waals surface area contributed by atoms with Crippen LogP contribution in [0.3, 0.4) is 0 Å². The molecule has 3 heteroatoms. The number of ether oxygens (including phenoxy) is 1. The predicted octanol–water partition coefficient (Wildman–Crippen LogP) is 1.70. The molecule has 0 unspecified atom stereocenters. The molecule has 0 aliphatic carbocycles. The summed E-state index contributed by atoms with van der Waals surface area (Å²) in [4.78, 5) is 8.75. The van der Waals surface area contributed by atoms with Gasteiger partial charge < -0.3 is 4.74 Å². The van der Waals surface area contributed by atoms with Crippen LogP contribution in [0.25, 0.3) is 11.0 Å². The van der Waals surface area contributed by atoms with Crippen molar-refractivity contribution in [2.75, 3.05) is 6.61 Å². The minimum atomic E-state index is 0.192. The second kappa shape index (κ2) is 2.50. The largest absolute Gasteiger partial charge is 0.366 e. The maximum absolute atomic E-state index is 5.14. The molecule has 3 nitrogen and oxygen atoms in total. The summed E-state index contributed by atoms with van der Waals surface area (Å²) >= 11 is 0. The van der Waals surface area contributed by atoms with Gasteiger partial charge in [0.25, 0.3) is 0 Å². The van der Waals surface area contributed by atoms with Crippen LogP contribution >= 0.6 is 0 Å². The summed E-state index contributed by atoms with van der Waals surface area (Å²) in [5, 5.41) is 0. The molecule has 1 atom stereocenters. The summed E-state index contributed by atoms with van der Waals surface area (Å²) in [6.07, 6.45) is 1.98. The van der Waals surface area contributed by atoms with Gasteiger partial charge in [0, 0.05) is 0 Å². The Hall–Kier alpha value is -1.48. The van der Waals surface area contributed by atoms with Gasteiger partial charge in [-0.3, -0.25) is 4.98 Å². The van der Waals surface area contributed by atoms with Crippen LogP contribution in [0.2, 0.25) is 0 Å². The third kappa shape index (κ3) is 1.17. The van der Waals surface area contributed by atoms with E-state index in [-0.39, 0.29) is 6.10 Å². The zero-order valence-electron chi connectivity index (χ0n) is 6.97. The van der Waals surface area contributed by atoms with Crippen molar-refractivity contribution in [2.45, 2.75) is 6.10 Å². The first-order chi connectivity index (χ1) is 6.43. The zero-order chi connectivity index (χ0) is 8.67. The first-order valence-electron chi connectivity index (χ1n) is 4.27. The van der Waals surface area contributed by atoms with Crippen LogP contribution < -0.4 is 0 Å². The minimum absolute atomic E-state index is 0.192. The van der Waals surface area contributed by atoms with E-state index in [9.17, 15) is 0 Å². The molecule has 1 aliphatic heterocycles. The van der Waals surface area contributed by atoms with Crippen molar-refractivity contribution >= 4 is 11.0 Å². The van der Waals surface area contributed by atoms with Crippen molar-refractivity contribution in [3.05, 3.63) is 36.2 Å². The van der Waals surface area contributed by atoms with E-state index in [2.05, 4.69) is 9.97 Å². The van der Waals surface area contributed by atoms with Gasteiger partial charge in [0.2, 0.25) is 0 Å². The average Bonchev–Trinajstić information content (AvgIpc) is 3.00. The fourth-order valence-electron chi connectivity index (χ4n) is 1.35. The minimum Gasteiger partial charge on any atom is -0.366 e. The average molecular weight is 172 g/mol. The maximum Gasteiger partial charge on any atom is 0.124 e. The number of benzene rings is 1. The van der Waals surface area contributed by atoms with Crippen LogP contribution in [0, 0.1) is 0 Å². The molecule has 1 fully saturated rings. The van der Waals surface area contributed by atoms with Gasteiger partial charge >= 0.3 is 0 Å². The number of aromatic nitrogens is 2. The van der Waals surface area contributed by atoms with E-state index in [0.717, 1.165) is 23.3 Å². The van der Waals surface area contributed by atoms with Crippen molar-refractivity contribution < 1.29 is 4.74 Å². The second-order valence-electron chi connectivity index (χ2n) is 3.11.